The fourth-order valence-corrected chi connectivity index (χ4v) is 5.18. The van der Waals surface area contributed by atoms with E-state index in [1.54, 1.807) is 23.7 Å². The smallest absolute Gasteiger partial charge is 0.396 e. The Bertz CT molecular complexity index is 813. The fraction of sp³-hybridized carbons (Fsp3) is 0.444. The van der Waals surface area contributed by atoms with E-state index in [9.17, 15) is 4.79 Å². The molecule has 2 aromatic rings. The van der Waals surface area contributed by atoms with Crippen molar-refractivity contribution >= 4 is 46.4 Å². The van der Waals surface area contributed by atoms with Gasteiger partial charge in [0.25, 0.3) is 0 Å². The van der Waals surface area contributed by atoms with E-state index in [1.807, 2.05) is 0 Å². The van der Waals surface area contributed by atoms with Crippen LogP contribution in [0.1, 0.15) is 19.3 Å². The van der Waals surface area contributed by atoms with Crippen molar-refractivity contribution in [1.29, 1.82) is 0 Å². The quantitative estimate of drug-likeness (QED) is 0.699. The first-order chi connectivity index (χ1) is 12.4. The van der Waals surface area contributed by atoms with Gasteiger partial charge in [-0.15, -0.1) is 11.3 Å². The lowest BCUT2D eigenvalue weighted by molar-refractivity contribution is -0.967. The highest BCUT2D eigenvalue weighted by Gasteiger charge is 2.46. The lowest BCUT2D eigenvalue weighted by atomic mass is 9.85. The molecule has 138 valence electrons. The zero-order chi connectivity index (χ0) is 18.3. The highest BCUT2D eigenvalue weighted by molar-refractivity contribution is 7.13. The normalized spacial score (nSPS) is 27.3. The van der Waals surface area contributed by atoms with Gasteiger partial charge in [0.2, 0.25) is 6.23 Å². The average Bonchev–Trinajstić information content (AvgIpc) is 3.03. The number of carbonyl (C=O) groups excluding carboxylic acids is 1. The minimum atomic E-state index is -0.456. The van der Waals surface area contributed by atoms with E-state index in [-0.39, 0.29) is 6.23 Å². The van der Waals surface area contributed by atoms with Gasteiger partial charge in [-0.1, -0.05) is 23.2 Å². The molecule has 5 rings (SSSR count). The Kier molecular flexibility index (Phi) is 4.86. The molecule has 5 nitrogen and oxygen atoms in total. The number of hydrogen-bond acceptors (Lipinski definition) is 4. The summed E-state index contributed by atoms with van der Waals surface area (Å²) in [5.41, 5.74) is 2.50. The van der Waals surface area contributed by atoms with Gasteiger partial charge < -0.3 is 4.74 Å². The van der Waals surface area contributed by atoms with Gasteiger partial charge in [-0.05, 0) is 29.7 Å². The van der Waals surface area contributed by atoms with E-state index in [1.165, 1.54) is 24.2 Å². The number of fused-ring (bicyclic) bond motifs is 3. The summed E-state index contributed by atoms with van der Waals surface area (Å²) in [5, 5.41) is 3.87. The lowest BCUT2D eigenvalue weighted by Gasteiger charge is -2.50. The molecule has 0 aliphatic carbocycles. The molecule has 0 radical (unpaired) electrons. The fourth-order valence-electron chi connectivity index (χ4n) is 3.92. The topological polar surface area (TPSA) is 51.2 Å². The van der Waals surface area contributed by atoms with Crippen LogP contribution in [-0.4, -0.2) is 41.9 Å². The average molecular weight is 413 g/mol. The van der Waals surface area contributed by atoms with Gasteiger partial charge in [0.15, 0.2) is 5.82 Å². The molecule has 3 fully saturated rings. The molecular formula is C18H20Cl2N3O2S+. The molecule has 4 heterocycles. The van der Waals surface area contributed by atoms with Crippen molar-refractivity contribution in [2.75, 3.05) is 25.5 Å². The van der Waals surface area contributed by atoms with Crippen LogP contribution in [0.3, 0.4) is 0 Å². The number of ether oxygens (including phenoxy) is 1. The number of thiazole rings is 1. The van der Waals surface area contributed by atoms with Crippen molar-refractivity contribution in [2.24, 2.45) is 5.92 Å². The summed E-state index contributed by atoms with van der Waals surface area (Å²) in [7, 11) is 2.18. The predicted octanol–water partition coefficient (Wildman–Crippen LogP) is 5.25. The highest BCUT2D eigenvalue weighted by atomic mass is 35.5. The van der Waals surface area contributed by atoms with Gasteiger partial charge in [-0.3, -0.25) is 9.80 Å². The molecule has 0 spiro atoms. The number of nitrogens with one attached hydrogen (secondary N) is 1. The summed E-state index contributed by atoms with van der Waals surface area (Å²) in [6.45, 7) is 2.15. The Morgan fingerprint density at radius 1 is 1.27 bits per heavy atom. The number of quaternary nitrogens is 1. The number of nitrogens with zero attached hydrogens (tertiary/aromatic N) is 2. The Labute approximate surface area is 166 Å². The molecule has 8 heteroatoms. The number of halogens is 2. The van der Waals surface area contributed by atoms with E-state index >= 15 is 0 Å². The van der Waals surface area contributed by atoms with Crippen molar-refractivity contribution in [3.05, 3.63) is 33.8 Å². The van der Waals surface area contributed by atoms with Crippen LogP contribution >= 0.6 is 34.5 Å². The number of anilines is 1. The first kappa shape index (κ1) is 18.0. The second-order valence-corrected chi connectivity index (χ2v) is 9.01. The summed E-state index contributed by atoms with van der Waals surface area (Å²) in [4.78, 5) is 17.6. The van der Waals surface area contributed by atoms with Gasteiger partial charge in [0, 0.05) is 29.3 Å². The van der Waals surface area contributed by atoms with Crippen LogP contribution in [-0.2, 0) is 4.74 Å². The van der Waals surface area contributed by atoms with Gasteiger partial charge in [-0.25, -0.2) is 9.78 Å². The Morgan fingerprint density at radius 3 is 2.62 bits per heavy atom. The van der Waals surface area contributed by atoms with Crippen molar-refractivity contribution in [3.63, 3.8) is 0 Å². The molecule has 3 aliphatic rings. The third-order valence-electron chi connectivity index (χ3n) is 5.48. The van der Waals surface area contributed by atoms with Crippen molar-refractivity contribution in [1.82, 2.24) is 4.98 Å². The number of amides is 1. The Hall–Kier alpha value is -1.34. The Morgan fingerprint density at radius 2 is 1.96 bits per heavy atom. The summed E-state index contributed by atoms with van der Waals surface area (Å²) in [5.74, 6) is 1.15. The van der Waals surface area contributed by atoms with E-state index in [2.05, 4.69) is 17.3 Å². The number of piperidine rings is 3. The third-order valence-corrected chi connectivity index (χ3v) is 6.79. The number of carbonyl (C=O) groups is 1. The zero-order valence-corrected chi connectivity index (χ0v) is 16.7. The van der Waals surface area contributed by atoms with Crippen molar-refractivity contribution < 1.29 is 14.0 Å². The zero-order valence-electron chi connectivity index (χ0n) is 14.4. The molecule has 26 heavy (non-hydrogen) atoms. The Balaban J connectivity index is 1.48. The number of benzene rings is 1. The molecule has 1 unspecified atom stereocenters. The van der Waals surface area contributed by atoms with Gasteiger partial charge in [0.1, 0.15) is 0 Å². The standard InChI is InChI=1S/C18H19Cl2N3O2S/c1-23-4-2-11(3-5-23)6-15(23)25-18(24)22-17-16(26-10-21-17)12-7-13(19)9-14(20)8-12/h7-11,15H,2-6H2,1H3/p+1. The minimum Gasteiger partial charge on any atom is -0.396 e. The lowest BCUT2D eigenvalue weighted by Crippen LogP contribution is -2.62. The van der Waals surface area contributed by atoms with Crippen LogP contribution < -0.4 is 5.32 Å². The van der Waals surface area contributed by atoms with E-state index in [0.29, 0.717) is 21.8 Å². The minimum absolute atomic E-state index is 0.0785. The summed E-state index contributed by atoms with van der Waals surface area (Å²) >= 11 is 13.6. The van der Waals surface area contributed by atoms with Crippen LogP contribution in [0.4, 0.5) is 10.6 Å². The first-order valence-corrected chi connectivity index (χ1v) is 10.3. The number of hydrogen-bond donors (Lipinski definition) is 1. The number of rotatable bonds is 3. The molecule has 3 aliphatic heterocycles. The molecule has 2 bridgehead atoms. The summed E-state index contributed by atoms with van der Waals surface area (Å²) < 4.78 is 6.59. The molecule has 1 atom stereocenters. The van der Waals surface area contributed by atoms with Crippen molar-refractivity contribution in [2.45, 2.75) is 25.5 Å². The van der Waals surface area contributed by atoms with Gasteiger partial charge in [-0.2, -0.15) is 0 Å². The van der Waals surface area contributed by atoms with Crippen LogP contribution in [0.2, 0.25) is 10.0 Å². The maximum Gasteiger partial charge on any atom is 0.417 e. The second kappa shape index (κ2) is 7.00. The SMILES string of the molecule is C[N+]12CCC(CC1)CC2OC(=O)Nc1ncsc1-c1cc(Cl)cc(Cl)c1. The van der Waals surface area contributed by atoms with E-state index in [0.717, 1.165) is 34.4 Å². The van der Waals surface area contributed by atoms with Crippen molar-refractivity contribution in [3.8, 4) is 10.4 Å². The second-order valence-electron chi connectivity index (χ2n) is 7.28. The van der Waals surface area contributed by atoms with Crippen LogP contribution in [0.15, 0.2) is 23.7 Å². The molecule has 3 saturated heterocycles. The van der Waals surface area contributed by atoms with Gasteiger partial charge in [0.05, 0.1) is 30.5 Å². The van der Waals surface area contributed by atoms with E-state index in [4.69, 9.17) is 27.9 Å². The van der Waals surface area contributed by atoms with Crippen LogP contribution in [0.5, 0.6) is 0 Å². The highest BCUT2D eigenvalue weighted by Crippen LogP contribution is 2.38. The van der Waals surface area contributed by atoms with Gasteiger partial charge >= 0.3 is 6.09 Å². The molecule has 1 N–H and O–H groups in total. The molecule has 0 saturated carbocycles. The van der Waals surface area contributed by atoms with E-state index < -0.39 is 6.09 Å². The molecule has 1 aromatic heterocycles. The monoisotopic (exact) mass is 412 g/mol. The maximum absolute atomic E-state index is 12.5. The molecular weight excluding hydrogens is 393 g/mol. The first-order valence-electron chi connectivity index (χ1n) is 8.65. The summed E-state index contributed by atoms with van der Waals surface area (Å²) in [6, 6.07) is 5.27. The van der Waals surface area contributed by atoms with Crippen LogP contribution in [0, 0.1) is 5.92 Å². The molecule has 1 aromatic carbocycles. The predicted molar refractivity (Wildman–Crippen MR) is 105 cm³/mol. The maximum atomic E-state index is 12.5. The third kappa shape index (κ3) is 3.56. The molecule has 1 amide bonds. The summed E-state index contributed by atoms with van der Waals surface area (Å²) in [6.07, 6.45) is 2.86. The number of aromatic nitrogens is 1. The largest absolute Gasteiger partial charge is 0.417 e. The van der Waals surface area contributed by atoms with Crippen LogP contribution in [0.25, 0.3) is 10.4 Å².